The number of hydrogen-bond acceptors (Lipinski definition) is 6. The van der Waals surface area contributed by atoms with E-state index in [-0.39, 0.29) is 57.4 Å². The zero-order valence-corrected chi connectivity index (χ0v) is 10.0. The Kier molecular flexibility index (Phi) is 13.5. The second kappa shape index (κ2) is 11.3. The molecule has 0 bridgehead atoms. The minimum absolute atomic E-state index is 0. The van der Waals surface area contributed by atoms with Crippen LogP contribution in [0.25, 0.3) is 0 Å². The van der Waals surface area contributed by atoms with Gasteiger partial charge in [-0.25, -0.2) is 0 Å². The SMILES string of the molecule is O=C(O)CN(OCCO)OCCO.[H-].[Na+]. The number of hydroxylamine groups is 2. The molecule has 0 aliphatic carbocycles. The van der Waals surface area contributed by atoms with Gasteiger partial charge in [-0.05, 0) is 0 Å². The summed E-state index contributed by atoms with van der Waals surface area (Å²) < 4.78 is 0. The Morgan fingerprint density at radius 1 is 1.21 bits per heavy atom. The van der Waals surface area contributed by atoms with Gasteiger partial charge in [0.2, 0.25) is 0 Å². The van der Waals surface area contributed by atoms with Gasteiger partial charge in [0.25, 0.3) is 0 Å². The molecule has 0 aromatic carbocycles. The number of carboxylic acids is 1. The third-order valence-electron chi connectivity index (χ3n) is 0.917. The summed E-state index contributed by atoms with van der Waals surface area (Å²) in [7, 11) is 0. The molecule has 0 aromatic rings. The van der Waals surface area contributed by atoms with Crippen molar-refractivity contribution >= 4 is 5.97 Å². The maximum atomic E-state index is 10.2. The maximum Gasteiger partial charge on any atom is 1.00 e. The third kappa shape index (κ3) is 10.4. The molecule has 14 heavy (non-hydrogen) atoms. The molecule has 0 aromatic heterocycles. The first kappa shape index (κ1) is 16.7. The van der Waals surface area contributed by atoms with E-state index >= 15 is 0 Å². The van der Waals surface area contributed by atoms with Crippen LogP contribution in [0.1, 0.15) is 1.43 Å². The first-order valence-electron chi connectivity index (χ1n) is 3.67. The molecule has 0 aliphatic rings. The molecule has 8 heteroatoms. The fourth-order valence-corrected chi connectivity index (χ4v) is 0.524. The van der Waals surface area contributed by atoms with E-state index in [0.29, 0.717) is 5.23 Å². The molecule has 7 nitrogen and oxygen atoms in total. The number of aliphatic carboxylic acids is 1. The van der Waals surface area contributed by atoms with Crippen molar-refractivity contribution in [3.63, 3.8) is 0 Å². The van der Waals surface area contributed by atoms with Crippen molar-refractivity contribution in [2.24, 2.45) is 0 Å². The second-order valence-electron chi connectivity index (χ2n) is 2.00. The topological polar surface area (TPSA) is 99.5 Å². The average molecular weight is 219 g/mol. The van der Waals surface area contributed by atoms with Crippen LogP contribution in [-0.2, 0) is 14.5 Å². The fraction of sp³-hybridized carbons (Fsp3) is 0.833. The van der Waals surface area contributed by atoms with Crippen LogP contribution in [0, 0.1) is 0 Å². The van der Waals surface area contributed by atoms with E-state index in [2.05, 4.69) is 9.68 Å². The summed E-state index contributed by atoms with van der Waals surface area (Å²) in [6.45, 7) is -1.06. The Bertz CT molecular complexity index is 144. The molecule has 0 spiro atoms. The van der Waals surface area contributed by atoms with Crippen molar-refractivity contribution in [2.45, 2.75) is 0 Å². The van der Waals surface area contributed by atoms with Crippen LogP contribution in [0.2, 0.25) is 0 Å². The molecule has 0 saturated heterocycles. The number of aliphatic hydroxyl groups excluding tert-OH is 2. The quantitative estimate of drug-likeness (QED) is 0.279. The van der Waals surface area contributed by atoms with Gasteiger partial charge in [0, 0.05) is 0 Å². The number of nitrogens with zero attached hydrogens (tertiary/aromatic N) is 1. The van der Waals surface area contributed by atoms with Crippen molar-refractivity contribution in [3.05, 3.63) is 0 Å². The van der Waals surface area contributed by atoms with Crippen LogP contribution in [0.3, 0.4) is 0 Å². The monoisotopic (exact) mass is 219 g/mol. The van der Waals surface area contributed by atoms with E-state index in [1.54, 1.807) is 0 Å². The Labute approximate surface area is 105 Å². The molecule has 0 fully saturated rings. The minimum Gasteiger partial charge on any atom is -1.00 e. The first-order chi connectivity index (χ1) is 6.20. The number of carbonyl (C=O) groups is 1. The number of hydrogen-bond donors (Lipinski definition) is 3. The summed E-state index contributed by atoms with van der Waals surface area (Å²) in [6.07, 6.45) is 0. The van der Waals surface area contributed by atoms with Gasteiger partial charge in [-0.3, -0.25) is 14.5 Å². The van der Waals surface area contributed by atoms with E-state index in [4.69, 9.17) is 15.3 Å². The zero-order chi connectivity index (χ0) is 10.1. The Hall–Kier alpha value is 0.270. The number of rotatable bonds is 8. The molecule has 0 rings (SSSR count). The van der Waals surface area contributed by atoms with Crippen LogP contribution < -0.4 is 29.6 Å². The van der Waals surface area contributed by atoms with Gasteiger partial charge in [-0.1, -0.05) is 5.23 Å². The Balaban J connectivity index is -0.000000720. The van der Waals surface area contributed by atoms with E-state index in [1.807, 2.05) is 0 Å². The van der Waals surface area contributed by atoms with Crippen molar-refractivity contribution in [3.8, 4) is 0 Å². The summed E-state index contributed by atoms with van der Waals surface area (Å²) in [5, 5.41) is 25.8. The molecule has 0 aliphatic heterocycles. The van der Waals surface area contributed by atoms with E-state index in [0.717, 1.165) is 0 Å². The van der Waals surface area contributed by atoms with Crippen LogP contribution >= 0.6 is 0 Å². The summed E-state index contributed by atoms with van der Waals surface area (Å²) in [4.78, 5) is 19.6. The van der Waals surface area contributed by atoms with Gasteiger partial charge in [0.15, 0.2) is 0 Å². The predicted octanol–water partition coefficient (Wildman–Crippen LogP) is -4.66. The van der Waals surface area contributed by atoms with Crippen molar-refractivity contribution in [1.82, 2.24) is 5.23 Å². The fourth-order valence-electron chi connectivity index (χ4n) is 0.524. The van der Waals surface area contributed by atoms with Gasteiger partial charge >= 0.3 is 35.5 Å². The molecule has 80 valence electrons. The second-order valence-corrected chi connectivity index (χ2v) is 2.00. The van der Waals surface area contributed by atoms with Crippen LogP contribution in [0.15, 0.2) is 0 Å². The summed E-state index contributed by atoms with van der Waals surface area (Å²) in [5.41, 5.74) is 0. The molecule has 0 saturated carbocycles. The molecule has 0 heterocycles. The zero-order valence-electron chi connectivity index (χ0n) is 9.05. The minimum atomic E-state index is -1.13. The van der Waals surface area contributed by atoms with E-state index in [1.165, 1.54) is 0 Å². The summed E-state index contributed by atoms with van der Waals surface area (Å²) >= 11 is 0. The Morgan fingerprint density at radius 3 is 1.93 bits per heavy atom. The van der Waals surface area contributed by atoms with Gasteiger partial charge < -0.3 is 16.7 Å². The number of aliphatic hydroxyl groups is 2. The molecular formula is C6H14NNaO6. The Morgan fingerprint density at radius 2 is 1.64 bits per heavy atom. The van der Waals surface area contributed by atoms with Crippen molar-refractivity contribution in [1.29, 1.82) is 0 Å². The van der Waals surface area contributed by atoms with Crippen molar-refractivity contribution < 1.29 is 60.8 Å². The van der Waals surface area contributed by atoms with Gasteiger partial charge in [-0.15, -0.1) is 0 Å². The van der Waals surface area contributed by atoms with Gasteiger partial charge in [0.05, 0.1) is 26.4 Å². The molecule has 0 radical (unpaired) electrons. The molecule has 3 N–H and O–H groups in total. The van der Waals surface area contributed by atoms with Crippen LogP contribution in [0.4, 0.5) is 0 Å². The van der Waals surface area contributed by atoms with Gasteiger partial charge in [-0.2, -0.15) is 0 Å². The summed E-state index contributed by atoms with van der Waals surface area (Å²) in [5.74, 6) is -1.13. The van der Waals surface area contributed by atoms with Gasteiger partial charge in [0.1, 0.15) is 6.54 Å². The predicted molar refractivity (Wildman–Crippen MR) is 41.5 cm³/mol. The average Bonchev–Trinajstić information content (AvgIpc) is 2.09. The van der Waals surface area contributed by atoms with E-state index in [9.17, 15) is 4.79 Å². The van der Waals surface area contributed by atoms with E-state index < -0.39 is 12.5 Å². The van der Waals surface area contributed by atoms with Crippen LogP contribution in [-0.4, -0.2) is 59.5 Å². The molecule has 0 unspecified atom stereocenters. The smallest absolute Gasteiger partial charge is 1.00 e. The largest absolute Gasteiger partial charge is 1.00 e. The normalized spacial score (nSPS) is 9.93. The molecule has 0 amide bonds. The molecular weight excluding hydrogens is 205 g/mol. The third-order valence-corrected chi connectivity index (χ3v) is 0.917. The van der Waals surface area contributed by atoms with Crippen LogP contribution in [0.5, 0.6) is 0 Å². The number of carboxylic acid groups (broad SMARTS) is 1. The summed E-state index contributed by atoms with van der Waals surface area (Å²) in [6, 6.07) is 0. The molecule has 0 atom stereocenters. The first-order valence-corrected chi connectivity index (χ1v) is 3.67. The standard InChI is InChI=1S/C6H13NO6.Na.H/c8-1-3-12-7(5-6(10)11)13-4-2-9;;/h8-9H,1-5H2,(H,10,11);;/q;+1;-1. The van der Waals surface area contributed by atoms with Crippen molar-refractivity contribution in [2.75, 3.05) is 33.0 Å². The maximum absolute atomic E-state index is 10.2.